The SMILES string of the molecule is CCOC(=O)c1c(C)c(-c2ccccc2)n(CC(=O)Nc2ccc(OC)cc2OC)c1C. The van der Waals surface area contributed by atoms with Crippen molar-refractivity contribution in [3.63, 3.8) is 0 Å². The zero-order valence-corrected chi connectivity index (χ0v) is 19.0. The van der Waals surface area contributed by atoms with Gasteiger partial charge in [-0.25, -0.2) is 4.79 Å². The molecular formula is C25H28N2O5. The molecule has 2 aromatic carbocycles. The predicted octanol–water partition coefficient (Wildman–Crippen LogP) is 4.60. The maximum Gasteiger partial charge on any atom is 0.340 e. The third kappa shape index (κ3) is 4.61. The molecule has 0 saturated carbocycles. The minimum absolute atomic E-state index is 0.0193. The summed E-state index contributed by atoms with van der Waals surface area (Å²) in [5, 5.41) is 2.89. The van der Waals surface area contributed by atoms with Gasteiger partial charge in [-0.15, -0.1) is 0 Å². The molecule has 0 spiro atoms. The highest BCUT2D eigenvalue weighted by Gasteiger charge is 2.25. The average Bonchev–Trinajstić information content (AvgIpc) is 3.03. The number of amides is 1. The smallest absolute Gasteiger partial charge is 0.340 e. The van der Waals surface area contributed by atoms with Gasteiger partial charge in [-0.1, -0.05) is 30.3 Å². The maximum atomic E-state index is 13.0. The van der Waals surface area contributed by atoms with Crippen molar-refractivity contribution in [2.45, 2.75) is 27.3 Å². The fourth-order valence-electron chi connectivity index (χ4n) is 3.80. The molecule has 0 fully saturated rings. The molecule has 7 heteroatoms. The highest BCUT2D eigenvalue weighted by atomic mass is 16.5. The first kappa shape index (κ1) is 22.9. The highest BCUT2D eigenvalue weighted by Crippen LogP contribution is 2.33. The second-order valence-corrected chi connectivity index (χ2v) is 7.22. The molecule has 0 aliphatic rings. The van der Waals surface area contributed by atoms with Gasteiger partial charge in [0.1, 0.15) is 18.0 Å². The Hall–Kier alpha value is -3.74. The molecule has 1 N–H and O–H groups in total. The minimum Gasteiger partial charge on any atom is -0.497 e. The van der Waals surface area contributed by atoms with E-state index in [0.717, 1.165) is 16.8 Å². The standard InChI is InChI=1S/C25H28N2O5/c1-6-32-25(29)23-16(2)24(18-10-8-7-9-11-18)27(17(23)3)15-22(28)26-20-13-12-19(30-4)14-21(20)31-5/h7-14H,6,15H2,1-5H3,(H,26,28). The number of nitrogens with one attached hydrogen (secondary N) is 1. The molecule has 1 heterocycles. The normalized spacial score (nSPS) is 10.5. The van der Waals surface area contributed by atoms with E-state index in [2.05, 4.69) is 5.32 Å². The van der Waals surface area contributed by atoms with Crippen LogP contribution in [0.15, 0.2) is 48.5 Å². The Morgan fingerprint density at radius 3 is 2.34 bits per heavy atom. The fraction of sp³-hybridized carbons (Fsp3) is 0.280. The number of rotatable bonds is 8. The lowest BCUT2D eigenvalue weighted by Gasteiger charge is -2.15. The quantitative estimate of drug-likeness (QED) is 0.522. The molecule has 0 radical (unpaired) electrons. The van der Waals surface area contributed by atoms with Crippen molar-refractivity contribution < 1.29 is 23.8 Å². The van der Waals surface area contributed by atoms with Crippen molar-refractivity contribution in [2.75, 3.05) is 26.1 Å². The number of nitrogens with zero attached hydrogens (tertiary/aromatic N) is 1. The average molecular weight is 437 g/mol. The Kier molecular flexibility index (Phi) is 7.20. The number of carbonyl (C=O) groups excluding carboxylic acids is 2. The van der Waals surface area contributed by atoms with Crippen molar-refractivity contribution in [3.8, 4) is 22.8 Å². The van der Waals surface area contributed by atoms with Gasteiger partial charge in [-0.3, -0.25) is 4.79 Å². The molecule has 0 aliphatic carbocycles. The van der Waals surface area contributed by atoms with E-state index >= 15 is 0 Å². The van der Waals surface area contributed by atoms with Gasteiger partial charge in [-0.05, 0) is 44.0 Å². The van der Waals surface area contributed by atoms with Crippen molar-refractivity contribution in [1.82, 2.24) is 4.57 Å². The molecule has 0 saturated heterocycles. The van der Waals surface area contributed by atoms with Gasteiger partial charge in [-0.2, -0.15) is 0 Å². The topological polar surface area (TPSA) is 78.8 Å². The Labute approximate surface area is 187 Å². The number of carbonyl (C=O) groups is 2. The van der Waals surface area contributed by atoms with E-state index in [1.165, 1.54) is 7.11 Å². The van der Waals surface area contributed by atoms with Crippen molar-refractivity contribution in [3.05, 3.63) is 65.4 Å². The van der Waals surface area contributed by atoms with E-state index in [1.807, 2.05) is 48.7 Å². The van der Waals surface area contributed by atoms with E-state index in [-0.39, 0.29) is 19.1 Å². The molecule has 0 aliphatic heterocycles. The fourth-order valence-corrected chi connectivity index (χ4v) is 3.80. The van der Waals surface area contributed by atoms with Crippen LogP contribution in [0.25, 0.3) is 11.3 Å². The van der Waals surface area contributed by atoms with Crippen LogP contribution in [-0.2, 0) is 16.1 Å². The van der Waals surface area contributed by atoms with Crippen LogP contribution in [-0.4, -0.2) is 37.3 Å². The zero-order valence-electron chi connectivity index (χ0n) is 19.0. The Bertz CT molecular complexity index is 1120. The van der Waals surface area contributed by atoms with Crippen LogP contribution in [0.3, 0.4) is 0 Å². The number of ether oxygens (including phenoxy) is 3. The summed E-state index contributed by atoms with van der Waals surface area (Å²) >= 11 is 0. The van der Waals surface area contributed by atoms with Gasteiger partial charge in [0.2, 0.25) is 5.91 Å². The number of hydrogen-bond acceptors (Lipinski definition) is 5. The summed E-state index contributed by atoms with van der Waals surface area (Å²) in [6.07, 6.45) is 0. The number of methoxy groups -OCH3 is 2. The van der Waals surface area contributed by atoms with Crippen molar-refractivity contribution >= 4 is 17.6 Å². The molecule has 0 atom stereocenters. The Morgan fingerprint density at radius 1 is 1.00 bits per heavy atom. The summed E-state index contributed by atoms with van der Waals surface area (Å²) < 4.78 is 17.7. The number of benzene rings is 2. The van der Waals surface area contributed by atoms with Crippen LogP contribution in [0.4, 0.5) is 5.69 Å². The number of hydrogen-bond donors (Lipinski definition) is 1. The van der Waals surface area contributed by atoms with E-state index in [4.69, 9.17) is 14.2 Å². The molecule has 1 amide bonds. The molecule has 168 valence electrons. The van der Waals surface area contributed by atoms with Crippen LogP contribution < -0.4 is 14.8 Å². The first-order valence-corrected chi connectivity index (χ1v) is 10.3. The second-order valence-electron chi connectivity index (χ2n) is 7.22. The van der Waals surface area contributed by atoms with Crippen LogP contribution in [0.1, 0.15) is 28.5 Å². The molecule has 0 bridgehead atoms. The van der Waals surface area contributed by atoms with E-state index in [0.29, 0.717) is 28.4 Å². The molecule has 7 nitrogen and oxygen atoms in total. The van der Waals surface area contributed by atoms with Crippen LogP contribution >= 0.6 is 0 Å². The van der Waals surface area contributed by atoms with Gasteiger partial charge < -0.3 is 24.1 Å². The summed E-state index contributed by atoms with van der Waals surface area (Å²) in [7, 11) is 3.10. The van der Waals surface area contributed by atoms with Crippen LogP contribution in [0, 0.1) is 13.8 Å². The maximum absolute atomic E-state index is 13.0. The summed E-state index contributed by atoms with van der Waals surface area (Å²) in [4.78, 5) is 25.7. The summed E-state index contributed by atoms with van der Waals surface area (Å²) in [5.41, 5.74) is 4.20. The van der Waals surface area contributed by atoms with Crippen LogP contribution in [0.2, 0.25) is 0 Å². The Morgan fingerprint density at radius 2 is 1.72 bits per heavy atom. The molecular weight excluding hydrogens is 408 g/mol. The lowest BCUT2D eigenvalue weighted by molar-refractivity contribution is -0.116. The first-order valence-electron chi connectivity index (χ1n) is 10.3. The molecule has 0 unspecified atom stereocenters. The third-order valence-electron chi connectivity index (χ3n) is 5.28. The van der Waals surface area contributed by atoms with Gasteiger partial charge in [0.05, 0.1) is 37.8 Å². The summed E-state index contributed by atoms with van der Waals surface area (Å²) in [6.45, 7) is 5.77. The first-order chi connectivity index (χ1) is 15.4. The Balaban J connectivity index is 1.99. The lowest BCUT2D eigenvalue weighted by atomic mass is 10.1. The monoisotopic (exact) mass is 436 g/mol. The van der Waals surface area contributed by atoms with Crippen LogP contribution in [0.5, 0.6) is 11.5 Å². The summed E-state index contributed by atoms with van der Waals surface area (Å²) in [6, 6.07) is 14.9. The van der Waals surface area contributed by atoms with Crippen molar-refractivity contribution in [2.24, 2.45) is 0 Å². The van der Waals surface area contributed by atoms with E-state index in [9.17, 15) is 9.59 Å². The van der Waals surface area contributed by atoms with Crippen molar-refractivity contribution in [1.29, 1.82) is 0 Å². The number of aromatic nitrogens is 1. The van der Waals surface area contributed by atoms with Gasteiger partial charge in [0.25, 0.3) is 0 Å². The lowest BCUT2D eigenvalue weighted by Crippen LogP contribution is -2.20. The molecule has 3 rings (SSSR count). The molecule has 1 aromatic heterocycles. The van der Waals surface area contributed by atoms with Gasteiger partial charge in [0.15, 0.2) is 0 Å². The largest absolute Gasteiger partial charge is 0.497 e. The number of esters is 1. The predicted molar refractivity (Wildman–Crippen MR) is 123 cm³/mol. The van der Waals surface area contributed by atoms with E-state index in [1.54, 1.807) is 32.2 Å². The van der Waals surface area contributed by atoms with Gasteiger partial charge >= 0.3 is 5.97 Å². The molecule has 32 heavy (non-hydrogen) atoms. The second kappa shape index (κ2) is 10.0. The number of anilines is 1. The third-order valence-corrected chi connectivity index (χ3v) is 5.28. The molecule has 3 aromatic rings. The zero-order chi connectivity index (χ0) is 23.3. The van der Waals surface area contributed by atoms with Gasteiger partial charge in [0, 0.05) is 11.8 Å². The minimum atomic E-state index is -0.393. The summed E-state index contributed by atoms with van der Waals surface area (Å²) in [5.74, 6) is 0.477. The highest BCUT2D eigenvalue weighted by molar-refractivity contribution is 5.97. The van der Waals surface area contributed by atoms with E-state index < -0.39 is 5.97 Å².